The first-order valence-corrected chi connectivity index (χ1v) is 6.13. The highest BCUT2D eigenvalue weighted by atomic mass is 35.5. The summed E-state index contributed by atoms with van der Waals surface area (Å²) < 4.78 is 0. The van der Waals surface area contributed by atoms with Gasteiger partial charge in [0.2, 0.25) is 5.91 Å². The number of amides is 1. The summed E-state index contributed by atoms with van der Waals surface area (Å²) in [5, 5.41) is 6.48. The summed E-state index contributed by atoms with van der Waals surface area (Å²) in [5.41, 5.74) is 1.78. The van der Waals surface area contributed by atoms with E-state index < -0.39 is 0 Å². The number of rotatable bonds is 2. The zero-order chi connectivity index (χ0) is 11.0. The van der Waals surface area contributed by atoms with Crippen molar-refractivity contribution in [3.05, 3.63) is 22.7 Å². The largest absolute Gasteiger partial charge is 0.324 e. The molecule has 1 aliphatic heterocycles. The third kappa shape index (κ3) is 1.73. The smallest absolute Gasteiger partial charge is 0.246 e. The average Bonchev–Trinajstić information content (AvgIpc) is 2.51. The number of carbonyl (C=O) groups excluding carboxylic acids is 1. The van der Waals surface area contributed by atoms with Gasteiger partial charge in [-0.25, -0.2) is 0 Å². The standard InChI is InChI=1S/C10H11ClN2OS/c1-12-9-5-3-6(11)8(15-2)4-7(5)13-10(9)14/h3-4,9,12H,1-2H3,(H,13,14). The van der Waals surface area contributed by atoms with Crippen molar-refractivity contribution in [3.8, 4) is 0 Å². The van der Waals surface area contributed by atoms with Gasteiger partial charge >= 0.3 is 0 Å². The highest BCUT2D eigenvalue weighted by molar-refractivity contribution is 7.98. The summed E-state index contributed by atoms with van der Waals surface area (Å²) in [5.74, 6) is -0.0261. The Kier molecular flexibility index (Phi) is 2.91. The van der Waals surface area contributed by atoms with Crippen LogP contribution in [0.5, 0.6) is 0 Å². The minimum atomic E-state index is -0.284. The molecule has 1 aromatic carbocycles. The first-order chi connectivity index (χ1) is 7.17. The fourth-order valence-corrected chi connectivity index (χ4v) is 2.60. The molecule has 15 heavy (non-hydrogen) atoms. The molecule has 0 saturated heterocycles. The van der Waals surface area contributed by atoms with E-state index >= 15 is 0 Å². The maximum absolute atomic E-state index is 11.5. The van der Waals surface area contributed by atoms with Crippen LogP contribution in [0.25, 0.3) is 0 Å². The van der Waals surface area contributed by atoms with Crippen molar-refractivity contribution in [2.45, 2.75) is 10.9 Å². The summed E-state index contributed by atoms with van der Waals surface area (Å²) in [6.45, 7) is 0. The predicted molar refractivity (Wildman–Crippen MR) is 63.7 cm³/mol. The van der Waals surface area contributed by atoms with E-state index in [-0.39, 0.29) is 11.9 Å². The molecule has 3 nitrogen and oxygen atoms in total. The maximum atomic E-state index is 11.5. The molecule has 0 spiro atoms. The van der Waals surface area contributed by atoms with Crippen molar-refractivity contribution in [1.29, 1.82) is 0 Å². The maximum Gasteiger partial charge on any atom is 0.246 e. The molecule has 0 radical (unpaired) electrons. The molecule has 0 aliphatic carbocycles. The lowest BCUT2D eigenvalue weighted by Gasteiger charge is -2.08. The summed E-state index contributed by atoms with van der Waals surface area (Å²) in [7, 11) is 1.76. The number of carbonyl (C=O) groups is 1. The molecule has 5 heteroatoms. The van der Waals surface area contributed by atoms with Gasteiger partial charge in [0.1, 0.15) is 6.04 Å². The van der Waals surface area contributed by atoms with E-state index in [1.165, 1.54) is 0 Å². The van der Waals surface area contributed by atoms with Gasteiger partial charge in [-0.3, -0.25) is 4.79 Å². The average molecular weight is 243 g/mol. The van der Waals surface area contributed by atoms with Gasteiger partial charge in [-0.05, 0) is 25.4 Å². The fourth-order valence-electron chi connectivity index (χ4n) is 1.71. The summed E-state index contributed by atoms with van der Waals surface area (Å²) in [6.07, 6.45) is 1.96. The number of likely N-dealkylation sites (N-methyl/N-ethyl adjacent to an activating group) is 1. The van der Waals surface area contributed by atoms with Gasteiger partial charge in [-0.1, -0.05) is 11.6 Å². The molecule has 1 aromatic rings. The van der Waals surface area contributed by atoms with Gasteiger partial charge < -0.3 is 10.6 Å². The second-order valence-corrected chi connectivity index (χ2v) is 4.54. The number of hydrogen-bond donors (Lipinski definition) is 2. The topological polar surface area (TPSA) is 41.1 Å². The summed E-state index contributed by atoms with van der Waals surface area (Å²) in [4.78, 5) is 12.5. The van der Waals surface area contributed by atoms with E-state index in [0.29, 0.717) is 5.02 Å². The van der Waals surface area contributed by atoms with Crippen LogP contribution in [0.15, 0.2) is 17.0 Å². The van der Waals surface area contributed by atoms with Gasteiger partial charge in [0.05, 0.1) is 5.02 Å². The van der Waals surface area contributed by atoms with Crippen LogP contribution in [0.3, 0.4) is 0 Å². The molecular weight excluding hydrogens is 232 g/mol. The lowest BCUT2D eigenvalue weighted by atomic mass is 10.1. The molecular formula is C10H11ClN2OS. The Morgan fingerprint density at radius 3 is 2.87 bits per heavy atom. The lowest BCUT2D eigenvalue weighted by molar-refractivity contribution is -0.117. The van der Waals surface area contributed by atoms with Gasteiger partial charge in [-0.15, -0.1) is 11.8 Å². The van der Waals surface area contributed by atoms with E-state index in [1.54, 1.807) is 18.8 Å². The Labute approximate surface area is 97.6 Å². The quantitative estimate of drug-likeness (QED) is 0.782. The highest BCUT2D eigenvalue weighted by Gasteiger charge is 2.29. The van der Waals surface area contributed by atoms with Gasteiger partial charge in [0, 0.05) is 16.1 Å². The molecule has 0 bridgehead atoms. The van der Waals surface area contributed by atoms with Crippen LogP contribution in [-0.4, -0.2) is 19.2 Å². The van der Waals surface area contributed by atoms with Gasteiger partial charge in [-0.2, -0.15) is 0 Å². The number of nitrogens with one attached hydrogen (secondary N) is 2. The van der Waals surface area contributed by atoms with E-state index in [4.69, 9.17) is 11.6 Å². The number of thioether (sulfide) groups is 1. The molecule has 2 N–H and O–H groups in total. The van der Waals surface area contributed by atoms with Gasteiger partial charge in [0.15, 0.2) is 0 Å². The number of hydrogen-bond acceptors (Lipinski definition) is 3. The second-order valence-electron chi connectivity index (χ2n) is 3.28. The SMILES string of the molecule is CNC1C(=O)Nc2cc(SC)c(Cl)cc21. The van der Waals surface area contributed by atoms with Crippen LogP contribution in [0.2, 0.25) is 5.02 Å². The Bertz CT molecular complexity index is 422. The molecule has 1 aliphatic rings. The van der Waals surface area contributed by atoms with E-state index in [2.05, 4.69) is 10.6 Å². The monoisotopic (exact) mass is 242 g/mol. The number of benzene rings is 1. The van der Waals surface area contributed by atoms with E-state index in [9.17, 15) is 4.79 Å². The Hall–Kier alpha value is -0.710. The van der Waals surface area contributed by atoms with E-state index in [0.717, 1.165) is 16.1 Å². The van der Waals surface area contributed by atoms with Crippen molar-refractivity contribution in [3.63, 3.8) is 0 Å². The van der Waals surface area contributed by atoms with Crippen molar-refractivity contribution >= 4 is 35.0 Å². The van der Waals surface area contributed by atoms with Crippen LogP contribution in [0.4, 0.5) is 5.69 Å². The zero-order valence-corrected chi connectivity index (χ0v) is 10.00. The third-order valence-electron chi connectivity index (χ3n) is 2.44. The second kappa shape index (κ2) is 4.04. The Morgan fingerprint density at radius 1 is 1.53 bits per heavy atom. The first-order valence-electron chi connectivity index (χ1n) is 4.53. The lowest BCUT2D eigenvalue weighted by Crippen LogP contribution is -2.23. The molecule has 1 amide bonds. The molecule has 0 fully saturated rings. The fraction of sp³-hybridized carbons (Fsp3) is 0.300. The third-order valence-corrected chi connectivity index (χ3v) is 3.65. The van der Waals surface area contributed by atoms with Crippen LogP contribution < -0.4 is 10.6 Å². The molecule has 0 aromatic heterocycles. The molecule has 0 saturated carbocycles. The summed E-state index contributed by atoms with van der Waals surface area (Å²) in [6, 6.07) is 3.48. The highest BCUT2D eigenvalue weighted by Crippen LogP contribution is 2.37. The Balaban J connectivity index is 2.51. The zero-order valence-electron chi connectivity index (χ0n) is 8.43. The molecule has 1 heterocycles. The van der Waals surface area contributed by atoms with Crippen molar-refractivity contribution in [1.82, 2.24) is 5.32 Å². The summed E-state index contributed by atoms with van der Waals surface area (Å²) >= 11 is 7.66. The number of anilines is 1. The molecule has 2 rings (SSSR count). The van der Waals surface area contributed by atoms with Crippen LogP contribution in [-0.2, 0) is 4.79 Å². The number of fused-ring (bicyclic) bond motifs is 1. The van der Waals surface area contributed by atoms with Crippen molar-refractivity contribution < 1.29 is 4.79 Å². The number of halogens is 1. The van der Waals surface area contributed by atoms with Crippen LogP contribution >= 0.6 is 23.4 Å². The molecule has 1 unspecified atom stereocenters. The minimum Gasteiger partial charge on any atom is -0.324 e. The van der Waals surface area contributed by atoms with E-state index in [1.807, 2.05) is 18.4 Å². The van der Waals surface area contributed by atoms with Crippen molar-refractivity contribution in [2.75, 3.05) is 18.6 Å². The van der Waals surface area contributed by atoms with Crippen LogP contribution in [0, 0.1) is 0 Å². The normalized spacial score (nSPS) is 18.9. The van der Waals surface area contributed by atoms with Gasteiger partial charge in [0.25, 0.3) is 0 Å². The molecule has 1 atom stereocenters. The molecule has 80 valence electrons. The Morgan fingerprint density at radius 2 is 2.27 bits per heavy atom. The van der Waals surface area contributed by atoms with Crippen LogP contribution in [0.1, 0.15) is 11.6 Å². The predicted octanol–water partition coefficient (Wildman–Crippen LogP) is 2.27. The first kappa shape index (κ1) is 10.8. The minimum absolute atomic E-state index is 0.0261. The van der Waals surface area contributed by atoms with Crippen molar-refractivity contribution in [2.24, 2.45) is 0 Å².